The Balaban J connectivity index is 1.61. The Labute approximate surface area is 109 Å². The number of ether oxygens (including phenoxy) is 1. The summed E-state index contributed by atoms with van der Waals surface area (Å²) in [6.45, 7) is 5.12. The molecule has 100 valence electrons. The van der Waals surface area contributed by atoms with Gasteiger partial charge in [-0.25, -0.2) is 0 Å². The second kappa shape index (κ2) is 4.71. The number of furan rings is 1. The molecule has 0 saturated heterocycles. The van der Waals surface area contributed by atoms with Crippen molar-refractivity contribution in [3.8, 4) is 0 Å². The standard InChI is InChI=1S/C15H23NO2/c1-3-17-14-10-13(15(14)7-5-8-15)16-11(2)12-6-4-9-18-12/h4,6,9,11,13-14,16H,3,5,7-8,10H2,1-2H3/t11-,13?,14?/m0/s1. The summed E-state index contributed by atoms with van der Waals surface area (Å²) in [4.78, 5) is 0. The zero-order valence-electron chi connectivity index (χ0n) is 11.3. The molecule has 2 unspecified atom stereocenters. The first-order valence-electron chi connectivity index (χ1n) is 7.17. The molecule has 1 aromatic rings. The lowest BCUT2D eigenvalue weighted by atomic mass is 9.51. The van der Waals surface area contributed by atoms with Crippen LogP contribution in [-0.4, -0.2) is 18.8 Å². The molecule has 2 aliphatic carbocycles. The van der Waals surface area contributed by atoms with Crippen molar-refractivity contribution >= 4 is 0 Å². The Bertz CT molecular complexity index is 383. The highest BCUT2D eigenvalue weighted by atomic mass is 16.5. The SMILES string of the molecule is CCOC1CC(N[C@@H](C)c2ccco2)C12CCC2. The van der Waals surface area contributed by atoms with Crippen LogP contribution < -0.4 is 5.32 Å². The van der Waals surface area contributed by atoms with Crippen LogP contribution in [0.25, 0.3) is 0 Å². The summed E-state index contributed by atoms with van der Waals surface area (Å²) in [7, 11) is 0. The summed E-state index contributed by atoms with van der Waals surface area (Å²) in [5.41, 5.74) is 0.427. The van der Waals surface area contributed by atoms with Crippen LogP contribution in [0.4, 0.5) is 0 Å². The summed E-state index contributed by atoms with van der Waals surface area (Å²) < 4.78 is 11.3. The molecule has 0 bridgehead atoms. The Hall–Kier alpha value is -0.800. The van der Waals surface area contributed by atoms with Gasteiger partial charge >= 0.3 is 0 Å². The van der Waals surface area contributed by atoms with E-state index in [1.807, 2.05) is 12.1 Å². The van der Waals surface area contributed by atoms with Crippen molar-refractivity contribution in [3.63, 3.8) is 0 Å². The first-order chi connectivity index (χ1) is 8.76. The molecular weight excluding hydrogens is 226 g/mol. The summed E-state index contributed by atoms with van der Waals surface area (Å²) in [5.74, 6) is 1.03. The van der Waals surface area contributed by atoms with Gasteiger partial charge < -0.3 is 14.5 Å². The van der Waals surface area contributed by atoms with Gasteiger partial charge in [-0.05, 0) is 45.2 Å². The Morgan fingerprint density at radius 3 is 2.94 bits per heavy atom. The van der Waals surface area contributed by atoms with Crippen LogP contribution in [-0.2, 0) is 4.74 Å². The van der Waals surface area contributed by atoms with Gasteiger partial charge in [0.1, 0.15) is 5.76 Å². The molecule has 2 saturated carbocycles. The zero-order valence-corrected chi connectivity index (χ0v) is 11.3. The Kier molecular flexibility index (Phi) is 3.20. The molecule has 2 aliphatic rings. The van der Waals surface area contributed by atoms with Crippen molar-refractivity contribution in [2.45, 2.75) is 57.7 Å². The van der Waals surface area contributed by atoms with Gasteiger partial charge in [0, 0.05) is 18.1 Å². The average molecular weight is 249 g/mol. The van der Waals surface area contributed by atoms with E-state index >= 15 is 0 Å². The van der Waals surface area contributed by atoms with Crippen LogP contribution >= 0.6 is 0 Å². The van der Waals surface area contributed by atoms with Gasteiger partial charge in [-0.1, -0.05) is 6.42 Å². The third-order valence-electron chi connectivity index (χ3n) is 4.86. The number of nitrogens with one attached hydrogen (secondary N) is 1. The topological polar surface area (TPSA) is 34.4 Å². The lowest BCUT2D eigenvalue weighted by molar-refractivity contribution is -0.174. The molecule has 3 heteroatoms. The van der Waals surface area contributed by atoms with Gasteiger partial charge in [-0.2, -0.15) is 0 Å². The van der Waals surface area contributed by atoms with Crippen molar-refractivity contribution < 1.29 is 9.15 Å². The van der Waals surface area contributed by atoms with Crippen LogP contribution in [0.1, 0.15) is 51.3 Å². The molecule has 18 heavy (non-hydrogen) atoms. The minimum Gasteiger partial charge on any atom is -0.468 e. The van der Waals surface area contributed by atoms with E-state index in [9.17, 15) is 0 Å². The fourth-order valence-corrected chi connectivity index (χ4v) is 3.59. The molecule has 1 spiro atoms. The molecule has 3 nitrogen and oxygen atoms in total. The number of hydrogen-bond donors (Lipinski definition) is 1. The number of rotatable bonds is 5. The fourth-order valence-electron chi connectivity index (χ4n) is 3.59. The monoisotopic (exact) mass is 249 g/mol. The summed E-state index contributed by atoms with van der Waals surface area (Å²) in [6.07, 6.45) is 7.38. The first-order valence-corrected chi connectivity index (χ1v) is 7.17. The molecule has 0 amide bonds. The maximum Gasteiger partial charge on any atom is 0.120 e. The quantitative estimate of drug-likeness (QED) is 0.869. The van der Waals surface area contributed by atoms with Crippen LogP contribution in [0.2, 0.25) is 0 Å². The minimum atomic E-state index is 0.296. The normalized spacial score (nSPS) is 30.8. The second-order valence-corrected chi connectivity index (χ2v) is 5.72. The highest BCUT2D eigenvalue weighted by Crippen LogP contribution is 2.57. The van der Waals surface area contributed by atoms with E-state index in [-0.39, 0.29) is 0 Å². The molecule has 0 aliphatic heterocycles. The summed E-state index contributed by atoms with van der Waals surface area (Å²) in [6, 6.07) is 4.90. The van der Waals surface area contributed by atoms with E-state index < -0.39 is 0 Å². The van der Waals surface area contributed by atoms with Crippen molar-refractivity contribution in [1.29, 1.82) is 0 Å². The zero-order chi connectivity index (χ0) is 12.6. The van der Waals surface area contributed by atoms with Crippen molar-refractivity contribution in [2.24, 2.45) is 5.41 Å². The second-order valence-electron chi connectivity index (χ2n) is 5.72. The van der Waals surface area contributed by atoms with E-state index in [0.29, 0.717) is 23.6 Å². The molecule has 0 aromatic carbocycles. The molecule has 3 atom stereocenters. The van der Waals surface area contributed by atoms with E-state index in [0.717, 1.165) is 18.8 Å². The van der Waals surface area contributed by atoms with Gasteiger partial charge in [0.15, 0.2) is 0 Å². The van der Waals surface area contributed by atoms with Crippen LogP contribution in [0.3, 0.4) is 0 Å². The molecular formula is C15H23NO2. The van der Waals surface area contributed by atoms with E-state index in [2.05, 4.69) is 19.2 Å². The average Bonchev–Trinajstić information content (AvgIpc) is 2.78. The molecule has 3 rings (SSSR count). The Morgan fingerprint density at radius 1 is 1.56 bits per heavy atom. The van der Waals surface area contributed by atoms with Crippen molar-refractivity contribution in [1.82, 2.24) is 5.32 Å². The van der Waals surface area contributed by atoms with Crippen LogP contribution in [0, 0.1) is 5.41 Å². The predicted molar refractivity (Wildman–Crippen MR) is 70.4 cm³/mol. The maximum atomic E-state index is 5.87. The van der Waals surface area contributed by atoms with Gasteiger partial charge in [-0.15, -0.1) is 0 Å². The maximum absolute atomic E-state index is 5.87. The number of hydrogen-bond acceptors (Lipinski definition) is 3. The van der Waals surface area contributed by atoms with Crippen LogP contribution in [0.15, 0.2) is 22.8 Å². The predicted octanol–water partition coefficient (Wildman–Crippen LogP) is 3.28. The molecule has 1 aromatic heterocycles. The Morgan fingerprint density at radius 2 is 2.39 bits per heavy atom. The summed E-state index contributed by atoms with van der Waals surface area (Å²) in [5, 5.41) is 3.73. The highest BCUT2D eigenvalue weighted by molar-refractivity contribution is 5.14. The third-order valence-corrected chi connectivity index (χ3v) is 4.86. The van der Waals surface area contributed by atoms with Crippen molar-refractivity contribution in [2.75, 3.05) is 6.61 Å². The van der Waals surface area contributed by atoms with Crippen molar-refractivity contribution in [3.05, 3.63) is 24.2 Å². The molecule has 1 N–H and O–H groups in total. The largest absolute Gasteiger partial charge is 0.468 e. The summed E-state index contributed by atoms with van der Waals surface area (Å²) >= 11 is 0. The van der Waals surface area contributed by atoms with Gasteiger partial charge in [0.05, 0.1) is 18.4 Å². The van der Waals surface area contributed by atoms with Gasteiger partial charge in [0.2, 0.25) is 0 Å². The first kappa shape index (κ1) is 12.2. The lowest BCUT2D eigenvalue weighted by Crippen LogP contribution is -2.67. The van der Waals surface area contributed by atoms with E-state index in [1.54, 1.807) is 6.26 Å². The molecule has 1 heterocycles. The molecule has 2 fully saturated rings. The smallest absolute Gasteiger partial charge is 0.120 e. The van der Waals surface area contributed by atoms with Gasteiger partial charge in [0.25, 0.3) is 0 Å². The van der Waals surface area contributed by atoms with E-state index in [1.165, 1.54) is 19.3 Å². The van der Waals surface area contributed by atoms with E-state index in [4.69, 9.17) is 9.15 Å². The third kappa shape index (κ3) is 1.81. The lowest BCUT2D eigenvalue weighted by Gasteiger charge is -2.61. The minimum absolute atomic E-state index is 0.296. The fraction of sp³-hybridized carbons (Fsp3) is 0.733. The van der Waals surface area contributed by atoms with Gasteiger partial charge in [-0.3, -0.25) is 0 Å². The highest BCUT2D eigenvalue weighted by Gasteiger charge is 2.58. The molecule has 0 radical (unpaired) electrons. The van der Waals surface area contributed by atoms with Crippen LogP contribution in [0.5, 0.6) is 0 Å².